The molecule has 0 bridgehead atoms. The van der Waals surface area contributed by atoms with Crippen LogP contribution in [0, 0.1) is 0 Å². The van der Waals surface area contributed by atoms with Crippen LogP contribution in [0.1, 0.15) is 49.9 Å². The molecule has 4 heterocycles. The third-order valence-corrected chi connectivity index (χ3v) is 9.64. The standard InChI is InChI=1S/C40H33N3/c1-39(2)31-20-21-41-25-36(31)43-35-19-18-28(22-32(35)40(3,4)34-24-42-23-33(39)38(34)43)37-29(26-12-7-5-8-13-26)16-11-17-30(37)27-14-9-6-10-15-27/h5-25H,1-4H3. The number of hydrogen-bond acceptors (Lipinski definition) is 3. The molecule has 3 heteroatoms. The van der Waals surface area contributed by atoms with Crippen molar-refractivity contribution >= 4 is 17.1 Å². The summed E-state index contributed by atoms with van der Waals surface area (Å²) in [5.74, 6) is 0. The van der Waals surface area contributed by atoms with Gasteiger partial charge < -0.3 is 4.90 Å². The van der Waals surface area contributed by atoms with Gasteiger partial charge in [0.2, 0.25) is 0 Å². The van der Waals surface area contributed by atoms with E-state index >= 15 is 0 Å². The number of rotatable bonds is 3. The largest absolute Gasteiger partial charge is 0.308 e. The van der Waals surface area contributed by atoms with Crippen LogP contribution in [0.15, 0.2) is 128 Å². The first-order chi connectivity index (χ1) is 20.9. The zero-order chi connectivity index (χ0) is 29.3. The summed E-state index contributed by atoms with van der Waals surface area (Å²) < 4.78 is 0. The monoisotopic (exact) mass is 555 g/mol. The first-order valence-electron chi connectivity index (χ1n) is 15.0. The van der Waals surface area contributed by atoms with Crippen molar-refractivity contribution in [2.24, 2.45) is 0 Å². The molecule has 6 aromatic rings. The van der Waals surface area contributed by atoms with E-state index in [0.717, 1.165) is 5.69 Å². The smallest absolute Gasteiger partial charge is 0.0686 e. The Bertz CT molecular complexity index is 1970. The molecule has 2 aromatic heterocycles. The lowest BCUT2D eigenvalue weighted by Gasteiger charge is -2.48. The van der Waals surface area contributed by atoms with Crippen molar-refractivity contribution in [1.29, 1.82) is 0 Å². The van der Waals surface area contributed by atoms with Gasteiger partial charge >= 0.3 is 0 Å². The topological polar surface area (TPSA) is 29.0 Å². The summed E-state index contributed by atoms with van der Waals surface area (Å²) in [5, 5.41) is 0. The summed E-state index contributed by atoms with van der Waals surface area (Å²) in [6, 6.07) is 37.4. The number of aromatic nitrogens is 2. The second kappa shape index (κ2) is 9.24. The second-order valence-corrected chi connectivity index (χ2v) is 12.8. The van der Waals surface area contributed by atoms with Crippen LogP contribution in [0.5, 0.6) is 0 Å². The van der Waals surface area contributed by atoms with Gasteiger partial charge in [-0.05, 0) is 62.7 Å². The van der Waals surface area contributed by atoms with E-state index in [1.54, 1.807) is 0 Å². The molecule has 2 aliphatic rings. The van der Waals surface area contributed by atoms with E-state index in [2.05, 4.69) is 153 Å². The minimum atomic E-state index is -0.259. The molecule has 8 rings (SSSR count). The van der Waals surface area contributed by atoms with Gasteiger partial charge in [0.05, 0.1) is 23.3 Å². The zero-order valence-corrected chi connectivity index (χ0v) is 25.0. The molecule has 0 N–H and O–H groups in total. The van der Waals surface area contributed by atoms with Gasteiger partial charge in [-0.3, -0.25) is 9.97 Å². The Morgan fingerprint density at radius 3 is 1.72 bits per heavy atom. The summed E-state index contributed by atoms with van der Waals surface area (Å²) in [6.07, 6.45) is 8.07. The number of nitrogens with zero attached hydrogens (tertiary/aromatic N) is 3. The molecular formula is C40H33N3. The number of hydrogen-bond donors (Lipinski definition) is 0. The van der Waals surface area contributed by atoms with E-state index in [1.807, 2.05) is 12.4 Å². The Kier molecular flexibility index (Phi) is 5.52. The normalized spacial score (nSPS) is 15.3. The van der Waals surface area contributed by atoms with Gasteiger partial charge in [-0.25, -0.2) is 0 Å². The molecule has 208 valence electrons. The maximum atomic E-state index is 4.82. The average molecular weight is 556 g/mol. The maximum absolute atomic E-state index is 4.82. The SMILES string of the molecule is CC1(C)c2ccncc2N2c3ccc(-c4c(-c5ccccc5)cccc4-c4ccccc4)cc3C(C)(C)c3cncc1c32. The summed E-state index contributed by atoms with van der Waals surface area (Å²) in [6.45, 7) is 9.30. The fourth-order valence-corrected chi connectivity index (χ4v) is 7.33. The van der Waals surface area contributed by atoms with E-state index < -0.39 is 0 Å². The quantitative estimate of drug-likeness (QED) is 0.217. The van der Waals surface area contributed by atoms with Crippen LogP contribution in [0.25, 0.3) is 33.4 Å². The van der Waals surface area contributed by atoms with Crippen LogP contribution in [0.3, 0.4) is 0 Å². The van der Waals surface area contributed by atoms with Crippen molar-refractivity contribution in [3.8, 4) is 33.4 Å². The first-order valence-corrected chi connectivity index (χ1v) is 15.0. The number of anilines is 3. The predicted molar refractivity (Wildman–Crippen MR) is 177 cm³/mol. The van der Waals surface area contributed by atoms with Crippen molar-refractivity contribution in [3.63, 3.8) is 0 Å². The molecule has 2 aliphatic heterocycles. The van der Waals surface area contributed by atoms with Crippen LogP contribution < -0.4 is 4.90 Å². The molecule has 0 unspecified atom stereocenters. The molecule has 0 fully saturated rings. The second-order valence-electron chi connectivity index (χ2n) is 12.8. The predicted octanol–water partition coefficient (Wildman–Crippen LogP) is 10.2. The fraction of sp³-hybridized carbons (Fsp3) is 0.150. The van der Waals surface area contributed by atoms with E-state index in [-0.39, 0.29) is 10.8 Å². The van der Waals surface area contributed by atoms with Crippen molar-refractivity contribution in [2.45, 2.75) is 38.5 Å². The maximum Gasteiger partial charge on any atom is 0.0686 e. The molecule has 0 saturated heterocycles. The van der Waals surface area contributed by atoms with Gasteiger partial charge in [0.25, 0.3) is 0 Å². The Labute approximate surface area is 253 Å². The number of pyridine rings is 2. The molecule has 0 spiro atoms. The minimum Gasteiger partial charge on any atom is -0.308 e. The van der Waals surface area contributed by atoms with E-state index in [0.29, 0.717) is 0 Å². The van der Waals surface area contributed by atoms with Crippen molar-refractivity contribution < 1.29 is 0 Å². The van der Waals surface area contributed by atoms with E-state index in [4.69, 9.17) is 4.98 Å². The average Bonchev–Trinajstić information content (AvgIpc) is 3.05. The lowest BCUT2D eigenvalue weighted by Crippen LogP contribution is -2.38. The van der Waals surface area contributed by atoms with Crippen molar-refractivity contribution in [1.82, 2.24) is 9.97 Å². The molecule has 0 saturated carbocycles. The molecule has 4 aromatic carbocycles. The third kappa shape index (κ3) is 3.67. The highest BCUT2D eigenvalue weighted by Gasteiger charge is 2.45. The van der Waals surface area contributed by atoms with Crippen molar-refractivity contribution in [2.75, 3.05) is 4.90 Å². The van der Waals surface area contributed by atoms with Crippen molar-refractivity contribution in [3.05, 3.63) is 150 Å². The van der Waals surface area contributed by atoms with Gasteiger partial charge in [-0.15, -0.1) is 0 Å². The van der Waals surface area contributed by atoms with Gasteiger partial charge in [0.15, 0.2) is 0 Å². The summed E-state index contributed by atoms with van der Waals surface area (Å²) in [4.78, 5) is 11.9. The molecule has 0 radical (unpaired) electrons. The van der Waals surface area contributed by atoms with Gasteiger partial charge in [-0.1, -0.05) is 113 Å². The highest BCUT2D eigenvalue weighted by atomic mass is 15.2. The molecule has 3 nitrogen and oxygen atoms in total. The number of fused-ring (bicyclic) bond motifs is 4. The Hall–Kier alpha value is -5.02. The third-order valence-electron chi connectivity index (χ3n) is 9.64. The van der Waals surface area contributed by atoms with E-state index in [1.165, 1.54) is 67.0 Å². The summed E-state index contributed by atoms with van der Waals surface area (Å²) in [5.41, 5.74) is 15.6. The summed E-state index contributed by atoms with van der Waals surface area (Å²) >= 11 is 0. The fourth-order valence-electron chi connectivity index (χ4n) is 7.33. The molecule has 43 heavy (non-hydrogen) atoms. The van der Waals surface area contributed by atoms with Gasteiger partial charge in [0, 0.05) is 40.5 Å². The van der Waals surface area contributed by atoms with Gasteiger partial charge in [0.1, 0.15) is 0 Å². The van der Waals surface area contributed by atoms with Crippen LogP contribution >= 0.6 is 0 Å². The Morgan fingerprint density at radius 2 is 1.09 bits per heavy atom. The highest BCUT2D eigenvalue weighted by molar-refractivity contribution is 5.97. The van der Waals surface area contributed by atoms with E-state index in [9.17, 15) is 0 Å². The summed E-state index contributed by atoms with van der Waals surface area (Å²) in [7, 11) is 0. The minimum absolute atomic E-state index is 0.181. The lowest BCUT2D eigenvalue weighted by molar-refractivity contribution is 0.591. The van der Waals surface area contributed by atoms with Gasteiger partial charge in [-0.2, -0.15) is 0 Å². The number of benzene rings is 4. The van der Waals surface area contributed by atoms with Crippen LogP contribution in [0.2, 0.25) is 0 Å². The van der Waals surface area contributed by atoms with Crippen LogP contribution in [-0.4, -0.2) is 9.97 Å². The molecule has 0 aliphatic carbocycles. The van der Waals surface area contributed by atoms with Crippen LogP contribution in [-0.2, 0) is 10.8 Å². The molecule has 0 atom stereocenters. The zero-order valence-electron chi connectivity index (χ0n) is 25.0. The highest BCUT2D eigenvalue weighted by Crippen LogP contribution is 2.60. The lowest BCUT2D eigenvalue weighted by atomic mass is 9.67. The Balaban J connectivity index is 1.41. The molecular weight excluding hydrogens is 522 g/mol. The Morgan fingerprint density at radius 1 is 0.488 bits per heavy atom. The first kappa shape index (κ1) is 25.7. The molecule has 0 amide bonds. The van der Waals surface area contributed by atoms with Crippen LogP contribution in [0.4, 0.5) is 17.1 Å².